The van der Waals surface area contributed by atoms with Crippen LogP contribution in [-0.4, -0.2) is 50.1 Å². The second kappa shape index (κ2) is 5.07. The predicted octanol–water partition coefficient (Wildman–Crippen LogP) is 2.01. The number of rotatable bonds is 3. The van der Waals surface area contributed by atoms with Gasteiger partial charge in [-0.25, -0.2) is 0 Å². The van der Waals surface area contributed by atoms with Crippen molar-refractivity contribution in [3.05, 3.63) is 17.2 Å². The number of nitrogens with zero attached hydrogens (tertiary/aromatic N) is 4. The lowest BCUT2D eigenvalue weighted by atomic mass is 10.2. The van der Waals surface area contributed by atoms with Crippen molar-refractivity contribution in [3.63, 3.8) is 0 Å². The average molecular weight is 306 g/mol. The number of nitrogen functional groups attached to an aromatic ring is 1. The van der Waals surface area contributed by atoms with E-state index in [0.717, 1.165) is 43.5 Å². The number of fused-ring (bicyclic) bond motifs is 3. The molecule has 112 valence electrons. The van der Waals surface area contributed by atoms with E-state index in [-0.39, 0.29) is 0 Å². The number of aliphatic imine (C=N–C) groups is 1. The molecule has 0 unspecified atom stereocenters. The largest absolute Gasteiger partial charge is 0.397 e. The Balaban J connectivity index is 1.62. The molecule has 3 aliphatic rings. The number of hydrogen-bond acceptors (Lipinski definition) is 5. The maximum atomic E-state index is 6.19. The topological polar surface area (TPSA) is 48.1 Å². The summed E-state index contributed by atoms with van der Waals surface area (Å²) in [6, 6.07) is 3.96. The van der Waals surface area contributed by atoms with Crippen LogP contribution in [0, 0.1) is 0 Å². The number of halogens is 1. The molecule has 3 aliphatic heterocycles. The summed E-state index contributed by atoms with van der Waals surface area (Å²) in [7, 11) is 0. The summed E-state index contributed by atoms with van der Waals surface area (Å²) >= 11 is 6.19. The van der Waals surface area contributed by atoms with Gasteiger partial charge in [-0.1, -0.05) is 11.6 Å². The molecule has 4 rings (SSSR count). The summed E-state index contributed by atoms with van der Waals surface area (Å²) in [5, 5.41) is 0.626. The Morgan fingerprint density at radius 2 is 1.90 bits per heavy atom. The zero-order valence-electron chi connectivity index (χ0n) is 12.1. The maximum absolute atomic E-state index is 6.19. The van der Waals surface area contributed by atoms with E-state index in [9.17, 15) is 0 Å². The number of benzene rings is 1. The second-order valence-electron chi connectivity index (χ2n) is 5.90. The summed E-state index contributed by atoms with van der Waals surface area (Å²) in [6.07, 6.45) is 2.65. The van der Waals surface area contributed by atoms with Gasteiger partial charge in [0, 0.05) is 19.6 Å². The molecular formula is C15H20ClN5. The minimum absolute atomic E-state index is 0.626. The first-order valence-corrected chi connectivity index (χ1v) is 8.03. The summed E-state index contributed by atoms with van der Waals surface area (Å²) in [5.74, 6) is 1.06. The van der Waals surface area contributed by atoms with E-state index in [0.29, 0.717) is 10.7 Å². The van der Waals surface area contributed by atoms with Crippen LogP contribution in [0.5, 0.6) is 0 Å². The lowest BCUT2D eigenvalue weighted by molar-refractivity contribution is 0.349. The van der Waals surface area contributed by atoms with Crippen molar-refractivity contribution in [2.45, 2.75) is 12.8 Å². The molecule has 1 fully saturated rings. The second-order valence-corrected chi connectivity index (χ2v) is 6.30. The quantitative estimate of drug-likeness (QED) is 0.868. The number of anilines is 3. The minimum Gasteiger partial charge on any atom is -0.397 e. The van der Waals surface area contributed by atoms with Crippen LogP contribution in [0.15, 0.2) is 17.1 Å². The Morgan fingerprint density at radius 3 is 2.71 bits per heavy atom. The van der Waals surface area contributed by atoms with Crippen molar-refractivity contribution in [3.8, 4) is 0 Å². The highest BCUT2D eigenvalue weighted by Crippen LogP contribution is 2.42. The summed E-state index contributed by atoms with van der Waals surface area (Å²) in [5.41, 5.74) is 8.93. The van der Waals surface area contributed by atoms with Gasteiger partial charge in [-0.3, -0.25) is 4.99 Å². The molecule has 0 atom stereocenters. The standard InChI is InChI=1S/C15H20ClN5/c16-11-9-13-14(10-12(11)17)21(15-18-3-6-20(13)15)8-7-19-4-1-2-5-19/h9-10H,1-8,17H2. The van der Waals surface area contributed by atoms with E-state index in [4.69, 9.17) is 17.3 Å². The fraction of sp³-hybridized carbons (Fsp3) is 0.533. The Kier molecular flexibility index (Phi) is 3.19. The lowest BCUT2D eigenvalue weighted by Crippen LogP contribution is -2.40. The molecule has 5 nitrogen and oxygen atoms in total. The van der Waals surface area contributed by atoms with Crippen LogP contribution in [0.2, 0.25) is 5.02 Å². The number of guanidine groups is 1. The first kappa shape index (κ1) is 13.2. The van der Waals surface area contributed by atoms with Crippen molar-refractivity contribution in [1.82, 2.24) is 4.90 Å². The fourth-order valence-electron chi connectivity index (χ4n) is 3.47. The third kappa shape index (κ3) is 2.15. The molecule has 6 heteroatoms. The summed E-state index contributed by atoms with van der Waals surface area (Å²) < 4.78 is 0. The van der Waals surface area contributed by atoms with Gasteiger partial charge < -0.3 is 20.4 Å². The zero-order chi connectivity index (χ0) is 14.4. The molecule has 2 N–H and O–H groups in total. The molecule has 0 radical (unpaired) electrons. The lowest BCUT2D eigenvalue weighted by Gasteiger charge is -2.23. The van der Waals surface area contributed by atoms with Crippen LogP contribution in [0.1, 0.15) is 12.8 Å². The highest BCUT2D eigenvalue weighted by molar-refractivity contribution is 6.34. The molecule has 0 aromatic heterocycles. The van der Waals surface area contributed by atoms with Gasteiger partial charge in [0.05, 0.1) is 28.6 Å². The van der Waals surface area contributed by atoms with Crippen molar-refractivity contribution in [2.24, 2.45) is 4.99 Å². The molecule has 0 bridgehead atoms. The van der Waals surface area contributed by atoms with Gasteiger partial charge in [0.1, 0.15) is 0 Å². The molecule has 1 saturated heterocycles. The molecule has 21 heavy (non-hydrogen) atoms. The summed E-state index contributed by atoms with van der Waals surface area (Å²) in [4.78, 5) is 11.7. The monoisotopic (exact) mass is 305 g/mol. The van der Waals surface area contributed by atoms with Crippen LogP contribution in [0.25, 0.3) is 0 Å². The third-order valence-electron chi connectivity index (χ3n) is 4.57. The first-order chi connectivity index (χ1) is 10.2. The number of likely N-dealkylation sites (tertiary alicyclic amines) is 1. The zero-order valence-corrected chi connectivity index (χ0v) is 12.8. The Bertz CT molecular complexity index is 594. The van der Waals surface area contributed by atoms with E-state index in [1.165, 1.54) is 25.9 Å². The van der Waals surface area contributed by atoms with Crippen molar-refractivity contribution >= 4 is 34.6 Å². The Labute approximate surface area is 130 Å². The van der Waals surface area contributed by atoms with Gasteiger partial charge in [-0.05, 0) is 38.1 Å². The van der Waals surface area contributed by atoms with Crippen molar-refractivity contribution in [2.75, 3.05) is 54.8 Å². The van der Waals surface area contributed by atoms with E-state index in [2.05, 4.69) is 19.7 Å². The van der Waals surface area contributed by atoms with Crippen molar-refractivity contribution in [1.29, 1.82) is 0 Å². The Hall–Kier alpha value is -1.46. The van der Waals surface area contributed by atoms with Crippen molar-refractivity contribution < 1.29 is 0 Å². The molecule has 1 aromatic carbocycles. The van der Waals surface area contributed by atoms with E-state index in [1.807, 2.05) is 12.1 Å². The van der Waals surface area contributed by atoms with Crippen LogP contribution < -0.4 is 15.5 Å². The van der Waals surface area contributed by atoms with E-state index in [1.54, 1.807) is 0 Å². The van der Waals surface area contributed by atoms with E-state index < -0.39 is 0 Å². The molecule has 0 saturated carbocycles. The van der Waals surface area contributed by atoms with Gasteiger partial charge in [-0.15, -0.1) is 0 Å². The van der Waals surface area contributed by atoms with Gasteiger partial charge in [0.15, 0.2) is 0 Å². The van der Waals surface area contributed by atoms with Crippen LogP contribution in [0.4, 0.5) is 17.1 Å². The average Bonchev–Trinajstić information content (AvgIpc) is 3.16. The van der Waals surface area contributed by atoms with Gasteiger partial charge in [0.25, 0.3) is 0 Å². The number of hydrogen-bond donors (Lipinski definition) is 1. The molecular weight excluding hydrogens is 286 g/mol. The van der Waals surface area contributed by atoms with Crippen LogP contribution in [0.3, 0.4) is 0 Å². The van der Waals surface area contributed by atoms with Gasteiger partial charge in [0.2, 0.25) is 5.96 Å². The highest BCUT2D eigenvalue weighted by atomic mass is 35.5. The first-order valence-electron chi connectivity index (χ1n) is 7.65. The molecule has 3 heterocycles. The molecule has 1 aromatic rings. The highest BCUT2D eigenvalue weighted by Gasteiger charge is 2.36. The predicted molar refractivity (Wildman–Crippen MR) is 88.5 cm³/mol. The van der Waals surface area contributed by atoms with Crippen LogP contribution >= 0.6 is 11.6 Å². The van der Waals surface area contributed by atoms with Gasteiger partial charge >= 0.3 is 0 Å². The minimum atomic E-state index is 0.626. The smallest absolute Gasteiger partial charge is 0.206 e. The summed E-state index contributed by atoms with van der Waals surface area (Å²) in [6.45, 7) is 6.28. The normalized spacial score (nSPS) is 20.9. The SMILES string of the molecule is Nc1cc2c(cc1Cl)N1CCN=C1N2CCN1CCCC1. The van der Waals surface area contributed by atoms with E-state index >= 15 is 0 Å². The fourth-order valence-corrected chi connectivity index (χ4v) is 3.63. The molecule has 0 spiro atoms. The van der Waals surface area contributed by atoms with Gasteiger partial charge in [-0.2, -0.15) is 0 Å². The maximum Gasteiger partial charge on any atom is 0.206 e. The molecule has 0 aliphatic carbocycles. The third-order valence-corrected chi connectivity index (χ3v) is 4.90. The Morgan fingerprint density at radius 1 is 1.10 bits per heavy atom. The molecule has 0 amide bonds. The number of nitrogens with two attached hydrogens (primary N) is 1. The van der Waals surface area contributed by atoms with Crippen LogP contribution in [-0.2, 0) is 0 Å².